The van der Waals surface area contributed by atoms with Crippen molar-refractivity contribution in [2.45, 2.75) is 20.5 Å². The lowest BCUT2D eigenvalue weighted by Crippen LogP contribution is -2.12. The molecule has 0 aromatic heterocycles. The van der Waals surface area contributed by atoms with Gasteiger partial charge in [-0.1, -0.05) is 26.0 Å². The number of hydrogen-bond donors (Lipinski definition) is 2. The van der Waals surface area contributed by atoms with Gasteiger partial charge in [-0.15, -0.1) is 0 Å². The van der Waals surface area contributed by atoms with E-state index in [1.165, 1.54) is 6.07 Å². The second-order valence-electron chi connectivity index (χ2n) is 4.13. The molecule has 0 aliphatic rings. The van der Waals surface area contributed by atoms with Gasteiger partial charge in [0.15, 0.2) is 0 Å². The zero-order valence-electron chi connectivity index (χ0n) is 9.59. The van der Waals surface area contributed by atoms with Crippen LogP contribution in [0.4, 0.5) is 4.39 Å². The van der Waals surface area contributed by atoms with E-state index < -0.39 is 0 Å². The highest BCUT2D eigenvalue weighted by Gasteiger charge is 2.05. The van der Waals surface area contributed by atoms with Gasteiger partial charge in [-0.2, -0.15) is 0 Å². The lowest BCUT2D eigenvalue weighted by molar-refractivity contribution is 0.0950. The normalized spacial score (nSPS) is 10.8. The summed E-state index contributed by atoms with van der Waals surface area (Å²) in [5.41, 5.74) is 6.14. The average Bonchev–Trinajstić information content (AvgIpc) is 2.19. The van der Waals surface area contributed by atoms with E-state index in [9.17, 15) is 4.39 Å². The van der Waals surface area contributed by atoms with Gasteiger partial charge in [0.2, 0.25) is 0 Å². The maximum Gasteiger partial charge on any atom is 0.129 e. The van der Waals surface area contributed by atoms with Gasteiger partial charge in [-0.25, -0.2) is 4.39 Å². The standard InChI is InChI=1S/C12H17FN2O/c1-8(2)6-16-7-10-4-3-9(12(14)15)5-11(10)13/h3-5,8H,6-7H2,1-2H3,(H3,14,15). The van der Waals surface area contributed by atoms with E-state index in [4.69, 9.17) is 15.9 Å². The van der Waals surface area contributed by atoms with Gasteiger partial charge < -0.3 is 10.5 Å². The zero-order chi connectivity index (χ0) is 12.1. The minimum absolute atomic E-state index is 0.131. The molecule has 0 atom stereocenters. The minimum atomic E-state index is -0.378. The number of nitrogen functional groups attached to an aromatic ring is 1. The number of benzene rings is 1. The molecular weight excluding hydrogens is 207 g/mol. The molecule has 0 unspecified atom stereocenters. The summed E-state index contributed by atoms with van der Waals surface area (Å²) in [7, 11) is 0. The first-order chi connectivity index (χ1) is 7.50. The second-order valence-corrected chi connectivity index (χ2v) is 4.13. The molecule has 3 N–H and O–H groups in total. The minimum Gasteiger partial charge on any atom is -0.384 e. The Hall–Kier alpha value is -1.42. The maximum atomic E-state index is 13.5. The Morgan fingerprint density at radius 2 is 2.19 bits per heavy atom. The SMILES string of the molecule is CC(C)COCc1ccc(C(=N)N)cc1F. The molecule has 0 aliphatic carbocycles. The first-order valence-corrected chi connectivity index (χ1v) is 5.21. The van der Waals surface area contributed by atoms with E-state index in [0.29, 0.717) is 23.7 Å². The van der Waals surface area contributed by atoms with Gasteiger partial charge >= 0.3 is 0 Å². The summed E-state index contributed by atoms with van der Waals surface area (Å²) in [4.78, 5) is 0. The lowest BCUT2D eigenvalue weighted by Gasteiger charge is -2.08. The molecule has 0 amide bonds. The molecule has 0 aliphatic heterocycles. The van der Waals surface area contributed by atoms with Gasteiger partial charge in [0.25, 0.3) is 0 Å². The fourth-order valence-electron chi connectivity index (χ4n) is 1.24. The molecule has 1 rings (SSSR count). The van der Waals surface area contributed by atoms with E-state index in [2.05, 4.69) is 0 Å². The van der Waals surface area contributed by atoms with E-state index in [-0.39, 0.29) is 18.3 Å². The van der Waals surface area contributed by atoms with Crippen molar-refractivity contribution in [1.82, 2.24) is 0 Å². The Bertz CT molecular complexity index is 377. The predicted octanol–water partition coefficient (Wildman–Crippen LogP) is 2.28. The Labute approximate surface area is 94.9 Å². The number of nitrogens with one attached hydrogen (secondary N) is 1. The summed E-state index contributed by atoms with van der Waals surface area (Å²) in [6.45, 7) is 4.93. The molecule has 0 bridgehead atoms. The molecule has 1 aromatic rings. The third-order valence-electron chi connectivity index (χ3n) is 2.07. The number of hydrogen-bond acceptors (Lipinski definition) is 2. The van der Waals surface area contributed by atoms with Crippen molar-refractivity contribution in [3.05, 3.63) is 35.1 Å². The van der Waals surface area contributed by atoms with Gasteiger partial charge in [0.1, 0.15) is 11.7 Å². The number of nitrogens with two attached hydrogens (primary N) is 1. The van der Waals surface area contributed by atoms with E-state index >= 15 is 0 Å². The smallest absolute Gasteiger partial charge is 0.129 e. The second kappa shape index (κ2) is 5.61. The summed E-state index contributed by atoms with van der Waals surface area (Å²) in [6, 6.07) is 4.49. The fourth-order valence-corrected chi connectivity index (χ4v) is 1.24. The van der Waals surface area contributed by atoms with E-state index in [1.807, 2.05) is 13.8 Å². The van der Waals surface area contributed by atoms with Crippen LogP contribution in [-0.2, 0) is 11.3 Å². The third kappa shape index (κ3) is 3.62. The van der Waals surface area contributed by atoms with Crippen LogP contribution in [0.1, 0.15) is 25.0 Å². The molecule has 0 saturated heterocycles. The van der Waals surface area contributed by atoms with Crippen LogP contribution in [0.15, 0.2) is 18.2 Å². The van der Waals surface area contributed by atoms with Crippen molar-refractivity contribution in [3.63, 3.8) is 0 Å². The van der Waals surface area contributed by atoms with Gasteiger partial charge in [0, 0.05) is 17.7 Å². The van der Waals surface area contributed by atoms with E-state index in [0.717, 1.165) is 0 Å². The zero-order valence-corrected chi connectivity index (χ0v) is 9.59. The molecule has 3 nitrogen and oxygen atoms in total. The summed E-state index contributed by atoms with van der Waals surface area (Å²) < 4.78 is 18.8. The van der Waals surface area contributed by atoms with Crippen LogP contribution in [-0.4, -0.2) is 12.4 Å². The quantitative estimate of drug-likeness (QED) is 0.595. The molecule has 0 saturated carbocycles. The molecule has 0 spiro atoms. The van der Waals surface area contributed by atoms with Crippen LogP contribution < -0.4 is 5.73 Å². The average molecular weight is 224 g/mol. The molecule has 16 heavy (non-hydrogen) atoms. The highest BCUT2D eigenvalue weighted by atomic mass is 19.1. The van der Waals surface area contributed by atoms with Crippen LogP contribution >= 0.6 is 0 Å². The number of amidine groups is 1. The highest BCUT2D eigenvalue weighted by Crippen LogP contribution is 2.11. The third-order valence-corrected chi connectivity index (χ3v) is 2.07. The van der Waals surface area contributed by atoms with Crippen LogP contribution in [0.3, 0.4) is 0 Å². The predicted molar refractivity (Wildman–Crippen MR) is 61.9 cm³/mol. The molecule has 0 fully saturated rings. The summed E-state index contributed by atoms with van der Waals surface area (Å²) in [5, 5.41) is 7.18. The van der Waals surface area contributed by atoms with Crippen LogP contribution in [0.5, 0.6) is 0 Å². The summed E-state index contributed by atoms with van der Waals surface area (Å²) >= 11 is 0. The van der Waals surface area contributed by atoms with Gasteiger partial charge in [-0.05, 0) is 12.0 Å². The first kappa shape index (κ1) is 12.6. The summed E-state index contributed by atoms with van der Waals surface area (Å²) in [6.07, 6.45) is 0. The van der Waals surface area contributed by atoms with Crippen LogP contribution in [0.25, 0.3) is 0 Å². The number of rotatable bonds is 5. The van der Waals surface area contributed by atoms with E-state index in [1.54, 1.807) is 12.1 Å². The molecule has 1 aromatic carbocycles. The lowest BCUT2D eigenvalue weighted by atomic mass is 10.1. The Kier molecular flexibility index (Phi) is 4.43. The fraction of sp³-hybridized carbons (Fsp3) is 0.417. The topological polar surface area (TPSA) is 59.1 Å². The molecule has 88 valence electrons. The van der Waals surface area contributed by atoms with Crippen molar-refractivity contribution >= 4 is 5.84 Å². The van der Waals surface area contributed by atoms with Crippen molar-refractivity contribution in [1.29, 1.82) is 5.41 Å². The summed E-state index contributed by atoms with van der Waals surface area (Å²) in [5.74, 6) is -0.0791. The van der Waals surface area contributed by atoms with Crippen LogP contribution in [0, 0.1) is 17.1 Å². The highest BCUT2D eigenvalue weighted by molar-refractivity contribution is 5.94. The van der Waals surface area contributed by atoms with Crippen LogP contribution in [0.2, 0.25) is 0 Å². The largest absolute Gasteiger partial charge is 0.384 e. The molecule has 4 heteroatoms. The Morgan fingerprint density at radius 3 is 2.69 bits per heavy atom. The Balaban J connectivity index is 2.64. The maximum absolute atomic E-state index is 13.5. The first-order valence-electron chi connectivity index (χ1n) is 5.21. The molecule has 0 radical (unpaired) electrons. The van der Waals surface area contributed by atoms with Gasteiger partial charge in [-0.3, -0.25) is 5.41 Å². The van der Waals surface area contributed by atoms with Crippen molar-refractivity contribution < 1.29 is 9.13 Å². The van der Waals surface area contributed by atoms with Crippen molar-refractivity contribution in [3.8, 4) is 0 Å². The van der Waals surface area contributed by atoms with Crippen molar-refractivity contribution in [2.75, 3.05) is 6.61 Å². The Morgan fingerprint density at radius 1 is 1.50 bits per heavy atom. The monoisotopic (exact) mass is 224 g/mol. The number of halogens is 1. The number of ether oxygens (including phenoxy) is 1. The van der Waals surface area contributed by atoms with Gasteiger partial charge in [0.05, 0.1) is 6.61 Å². The molecular formula is C12H17FN2O. The molecule has 0 heterocycles. The van der Waals surface area contributed by atoms with Crippen molar-refractivity contribution in [2.24, 2.45) is 11.7 Å².